The van der Waals surface area contributed by atoms with Crippen LogP contribution in [-0.2, 0) is 0 Å². The molecule has 2 rings (SSSR count). The van der Waals surface area contributed by atoms with Gasteiger partial charge in [-0.2, -0.15) is 9.97 Å². The van der Waals surface area contributed by atoms with Crippen molar-refractivity contribution in [1.82, 2.24) is 15.0 Å². The lowest BCUT2D eigenvalue weighted by Crippen LogP contribution is -2.06. The van der Waals surface area contributed by atoms with E-state index in [4.69, 9.17) is 9.47 Å². The van der Waals surface area contributed by atoms with E-state index in [0.29, 0.717) is 18.3 Å². The number of nitrogens with zero attached hydrogens (tertiary/aromatic N) is 3. The Morgan fingerprint density at radius 3 is 2.57 bits per heavy atom. The monoisotopic (exact) mass is 416 g/mol. The third-order valence-corrected chi connectivity index (χ3v) is 3.46. The summed E-state index contributed by atoms with van der Waals surface area (Å²) in [5, 5.41) is 2.85. The Bertz CT molecular complexity index is 625. The Hall–Kier alpha value is -1.41. The van der Waals surface area contributed by atoms with Gasteiger partial charge in [-0.05, 0) is 40.5 Å². The van der Waals surface area contributed by atoms with Crippen molar-refractivity contribution in [2.24, 2.45) is 0 Å². The number of hydrogen-bond donors (Lipinski definition) is 1. The summed E-state index contributed by atoms with van der Waals surface area (Å²) in [4.78, 5) is 12.4. The van der Waals surface area contributed by atoms with Gasteiger partial charge in [0.05, 0.1) is 11.1 Å². The van der Waals surface area contributed by atoms with Crippen LogP contribution >= 0.6 is 31.9 Å². The summed E-state index contributed by atoms with van der Waals surface area (Å²) in [5.74, 6) is 0.993. The first kappa shape index (κ1) is 16.0. The molecular formula is C13H14Br2N4O2. The first-order chi connectivity index (χ1) is 10.1. The highest BCUT2D eigenvalue weighted by atomic mass is 79.9. The van der Waals surface area contributed by atoms with Crippen molar-refractivity contribution in [3.63, 3.8) is 0 Å². The maximum atomic E-state index is 5.68. The highest BCUT2D eigenvalue weighted by Crippen LogP contribution is 2.31. The molecule has 112 valence electrons. The molecule has 0 unspecified atom stereocenters. The van der Waals surface area contributed by atoms with E-state index in [-0.39, 0.29) is 12.0 Å². The molecule has 0 spiro atoms. The van der Waals surface area contributed by atoms with Crippen LogP contribution in [0.3, 0.4) is 0 Å². The van der Waals surface area contributed by atoms with Crippen molar-refractivity contribution in [2.75, 3.05) is 19.0 Å². The van der Waals surface area contributed by atoms with Crippen LogP contribution in [0.4, 0.5) is 5.95 Å². The molecule has 0 radical (unpaired) electrons. The smallest absolute Gasteiger partial charge is 0.330 e. The molecule has 0 aliphatic heterocycles. The molecule has 21 heavy (non-hydrogen) atoms. The van der Waals surface area contributed by atoms with Gasteiger partial charge in [0.25, 0.3) is 0 Å². The van der Waals surface area contributed by atoms with E-state index in [2.05, 4.69) is 52.1 Å². The topological polar surface area (TPSA) is 69.2 Å². The van der Waals surface area contributed by atoms with Crippen LogP contribution in [0, 0.1) is 0 Å². The quantitative estimate of drug-likeness (QED) is 0.765. The van der Waals surface area contributed by atoms with Crippen LogP contribution in [0.1, 0.15) is 13.3 Å². The van der Waals surface area contributed by atoms with Gasteiger partial charge in [-0.1, -0.05) is 22.9 Å². The zero-order chi connectivity index (χ0) is 15.2. The minimum Gasteiger partial charge on any atom is -0.463 e. The number of rotatable bonds is 6. The second-order valence-corrected chi connectivity index (χ2v) is 5.77. The van der Waals surface area contributed by atoms with Gasteiger partial charge in [0.1, 0.15) is 5.75 Å². The van der Waals surface area contributed by atoms with E-state index in [9.17, 15) is 0 Å². The Kier molecular flexibility index (Phi) is 5.75. The lowest BCUT2D eigenvalue weighted by molar-refractivity contribution is 0.285. The average Bonchev–Trinajstić information content (AvgIpc) is 2.48. The van der Waals surface area contributed by atoms with E-state index in [1.807, 2.05) is 25.1 Å². The van der Waals surface area contributed by atoms with Gasteiger partial charge in [-0.15, -0.1) is 4.98 Å². The van der Waals surface area contributed by atoms with E-state index in [1.54, 1.807) is 7.05 Å². The fourth-order valence-corrected chi connectivity index (χ4v) is 2.54. The molecule has 0 fully saturated rings. The van der Waals surface area contributed by atoms with Crippen LogP contribution in [0.5, 0.6) is 17.8 Å². The molecule has 0 aliphatic carbocycles. The van der Waals surface area contributed by atoms with Crippen molar-refractivity contribution in [2.45, 2.75) is 13.3 Å². The van der Waals surface area contributed by atoms with E-state index >= 15 is 0 Å². The average molecular weight is 418 g/mol. The predicted molar refractivity (Wildman–Crippen MR) is 87.1 cm³/mol. The molecule has 1 heterocycles. The zero-order valence-corrected chi connectivity index (χ0v) is 14.7. The van der Waals surface area contributed by atoms with Crippen molar-refractivity contribution in [3.8, 4) is 17.8 Å². The highest BCUT2D eigenvalue weighted by Gasteiger charge is 2.10. The summed E-state index contributed by atoms with van der Waals surface area (Å²) in [7, 11) is 1.72. The molecule has 6 nitrogen and oxygen atoms in total. The summed E-state index contributed by atoms with van der Waals surface area (Å²) in [6, 6.07) is 5.96. The fraction of sp³-hybridized carbons (Fsp3) is 0.308. The Balaban J connectivity index is 2.25. The molecule has 0 amide bonds. The fourth-order valence-electron chi connectivity index (χ4n) is 1.41. The van der Waals surface area contributed by atoms with E-state index in [1.165, 1.54) is 0 Å². The summed E-state index contributed by atoms with van der Waals surface area (Å²) < 4.78 is 12.8. The number of hydrogen-bond acceptors (Lipinski definition) is 6. The molecule has 0 saturated heterocycles. The molecule has 1 aromatic carbocycles. The van der Waals surface area contributed by atoms with Crippen LogP contribution in [0.25, 0.3) is 0 Å². The van der Waals surface area contributed by atoms with Crippen molar-refractivity contribution >= 4 is 37.8 Å². The molecule has 0 atom stereocenters. The molecular weight excluding hydrogens is 404 g/mol. The first-order valence-electron chi connectivity index (χ1n) is 6.32. The van der Waals surface area contributed by atoms with Crippen molar-refractivity contribution < 1.29 is 9.47 Å². The predicted octanol–water partition coefficient (Wildman–Crippen LogP) is 4.02. The van der Waals surface area contributed by atoms with E-state index < -0.39 is 0 Å². The maximum absolute atomic E-state index is 5.68. The Morgan fingerprint density at radius 1 is 1.14 bits per heavy atom. The lowest BCUT2D eigenvalue weighted by Gasteiger charge is -2.09. The third-order valence-electron chi connectivity index (χ3n) is 2.35. The summed E-state index contributed by atoms with van der Waals surface area (Å²) in [6.45, 7) is 2.55. The molecule has 1 aromatic heterocycles. The third kappa shape index (κ3) is 4.53. The second-order valence-electron chi connectivity index (χ2n) is 4.00. The van der Waals surface area contributed by atoms with Gasteiger partial charge in [0, 0.05) is 11.5 Å². The van der Waals surface area contributed by atoms with E-state index in [0.717, 1.165) is 15.4 Å². The second kappa shape index (κ2) is 7.56. The number of aromatic nitrogens is 3. The van der Waals surface area contributed by atoms with Crippen LogP contribution in [0.15, 0.2) is 27.1 Å². The minimum absolute atomic E-state index is 0.170. The first-order valence-corrected chi connectivity index (χ1v) is 7.90. The number of nitrogens with one attached hydrogen (secondary N) is 1. The van der Waals surface area contributed by atoms with Gasteiger partial charge >= 0.3 is 12.0 Å². The summed E-state index contributed by atoms with van der Waals surface area (Å²) in [5.41, 5.74) is 0. The van der Waals surface area contributed by atoms with Crippen molar-refractivity contribution in [3.05, 3.63) is 27.1 Å². The molecule has 8 heteroatoms. The largest absolute Gasteiger partial charge is 0.463 e. The normalized spacial score (nSPS) is 10.3. The number of ether oxygens (including phenoxy) is 2. The molecule has 1 N–H and O–H groups in total. The number of benzene rings is 1. The number of halogens is 2. The highest BCUT2D eigenvalue weighted by molar-refractivity contribution is 9.11. The SMILES string of the molecule is CCCOc1nc(NC)nc(Oc2ccc(Br)cc2Br)n1. The molecule has 2 aromatic rings. The molecule has 0 aliphatic rings. The molecule has 0 bridgehead atoms. The van der Waals surface area contributed by atoms with Gasteiger partial charge < -0.3 is 14.8 Å². The Labute approximate surface area is 139 Å². The summed E-state index contributed by atoms with van der Waals surface area (Å²) in [6.07, 6.45) is 0.870. The van der Waals surface area contributed by atoms with Gasteiger partial charge in [0.15, 0.2) is 0 Å². The Morgan fingerprint density at radius 2 is 1.90 bits per heavy atom. The van der Waals surface area contributed by atoms with Crippen molar-refractivity contribution in [1.29, 1.82) is 0 Å². The van der Waals surface area contributed by atoms with Crippen LogP contribution in [0.2, 0.25) is 0 Å². The standard InChI is InChI=1S/C13H14Br2N4O2/c1-3-6-20-12-17-11(16-2)18-13(19-12)21-10-5-4-8(14)7-9(10)15/h4-5,7H,3,6H2,1-2H3,(H,16,17,18,19). The minimum atomic E-state index is 0.170. The van der Waals surface area contributed by atoms with Gasteiger partial charge in [-0.3, -0.25) is 0 Å². The number of anilines is 1. The van der Waals surface area contributed by atoms with Gasteiger partial charge in [0.2, 0.25) is 5.95 Å². The lowest BCUT2D eigenvalue weighted by atomic mass is 10.3. The molecule has 0 saturated carbocycles. The van der Waals surface area contributed by atoms with Crippen LogP contribution < -0.4 is 14.8 Å². The zero-order valence-electron chi connectivity index (χ0n) is 11.6. The summed E-state index contributed by atoms with van der Waals surface area (Å²) >= 11 is 6.82. The van der Waals surface area contributed by atoms with Gasteiger partial charge in [-0.25, -0.2) is 0 Å². The maximum Gasteiger partial charge on any atom is 0.330 e. The van der Waals surface area contributed by atoms with Crippen LogP contribution in [-0.4, -0.2) is 28.6 Å².